The molecule has 1 heterocycles. The highest BCUT2D eigenvalue weighted by molar-refractivity contribution is 5.93. The van der Waals surface area contributed by atoms with Gasteiger partial charge in [0.25, 0.3) is 0 Å². The second-order valence-corrected chi connectivity index (χ2v) is 6.99. The van der Waals surface area contributed by atoms with Crippen molar-refractivity contribution in [1.82, 2.24) is 10.6 Å². The van der Waals surface area contributed by atoms with Crippen LogP contribution in [0.25, 0.3) is 0 Å². The van der Waals surface area contributed by atoms with Gasteiger partial charge < -0.3 is 20.1 Å². The van der Waals surface area contributed by atoms with Crippen LogP contribution in [0.5, 0.6) is 0 Å². The van der Waals surface area contributed by atoms with Gasteiger partial charge in [0.15, 0.2) is 0 Å². The molecule has 0 radical (unpaired) electrons. The Morgan fingerprint density at radius 1 is 1.12 bits per heavy atom. The molecule has 2 aliphatic carbocycles. The van der Waals surface area contributed by atoms with E-state index in [0.717, 1.165) is 19.3 Å². The number of carbonyl (C=O) groups excluding carboxylic acids is 4. The fourth-order valence-electron chi connectivity index (χ4n) is 4.00. The Morgan fingerprint density at radius 3 is 2.46 bits per heavy atom. The predicted octanol–water partition coefficient (Wildman–Crippen LogP) is 1.06. The van der Waals surface area contributed by atoms with Crippen molar-refractivity contribution >= 4 is 23.8 Å². The highest BCUT2D eigenvalue weighted by Crippen LogP contribution is 2.40. The van der Waals surface area contributed by atoms with Crippen molar-refractivity contribution in [3.63, 3.8) is 0 Å². The van der Waals surface area contributed by atoms with Crippen molar-refractivity contribution in [2.45, 2.75) is 39.0 Å². The van der Waals surface area contributed by atoms with Crippen LogP contribution in [0.15, 0.2) is 11.3 Å². The molecule has 2 fully saturated rings. The van der Waals surface area contributed by atoms with Gasteiger partial charge in [-0.25, -0.2) is 9.59 Å². The van der Waals surface area contributed by atoms with E-state index in [0.29, 0.717) is 18.6 Å². The van der Waals surface area contributed by atoms with Crippen molar-refractivity contribution < 1.29 is 28.7 Å². The number of ether oxygens (including phenoxy) is 2. The number of rotatable bonds is 5. The molecule has 1 aliphatic heterocycles. The van der Waals surface area contributed by atoms with Gasteiger partial charge in [-0.1, -0.05) is 6.42 Å². The van der Waals surface area contributed by atoms with Gasteiger partial charge in [0, 0.05) is 11.8 Å². The predicted molar refractivity (Wildman–Crippen MR) is 89.7 cm³/mol. The van der Waals surface area contributed by atoms with E-state index in [4.69, 9.17) is 9.47 Å². The Labute approximate surface area is 151 Å². The Kier molecular flexibility index (Phi) is 5.58. The Balaban J connectivity index is 1.63. The first kappa shape index (κ1) is 18.4. The fourth-order valence-corrected chi connectivity index (χ4v) is 4.00. The molecule has 0 aromatic heterocycles. The van der Waals surface area contributed by atoms with Crippen molar-refractivity contribution in [2.75, 3.05) is 19.8 Å². The summed E-state index contributed by atoms with van der Waals surface area (Å²) in [6.45, 7) is 1.73. The zero-order chi connectivity index (χ0) is 18.7. The Morgan fingerprint density at radius 2 is 1.81 bits per heavy atom. The lowest BCUT2D eigenvalue weighted by molar-refractivity contribution is -0.153. The maximum atomic E-state index is 12.5. The monoisotopic (exact) mass is 364 g/mol. The summed E-state index contributed by atoms with van der Waals surface area (Å²) in [6, 6.07) is -0.457. The zero-order valence-electron chi connectivity index (χ0n) is 14.8. The summed E-state index contributed by atoms with van der Waals surface area (Å²) in [5.41, 5.74) is 0.488. The van der Waals surface area contributed by atoms with Gasteiger partial charge in [0.05, 0.1) is 30.3 Å². The molecular formula is C18H24N2O6. The normalized spacial score (nSPS) is 28.1. The number of Topliss-reactive ketones (excluding diaryl/α,β-unsaturated/α-hetero) is 1. The molecule has 8 nitrogen and oxygen atoms in total. The van der Waals surface area contributed by atoms with Crippen LogP contribution in [0.3, 0.4) is 0 Å². The molecule has 3 rings (SSSR count). The molecule has 2 unspecified atom stereocenters. The summed E-state index contributed by atoms with van der Waals surface area (Å²) >= 11 is 0. The topological polar surface area (TPSA) is 111 Å². The summed E-state index contributed by atoms with van der Waals surface area (Å²) < 4.78 is 10.3. The van der Waals surface area contributed by atoms with E-state index in [1.807, 2.05) is 0 Å². The minimum atomic E-state index is -0.552. The molecule has 2 saturated carbocycles. The molecule has 26 heavy (non-hydrogen) atoms. The quantitative estimate of drug-likeness (QED) is 0.706. The lowest BCUT2D eigenvalue weighted by Crippen LogP contribution is -2.45. The van der Waals surface area contributed by atoms with Crippen LogP contribution in [0, 0.1) is 17.8 Å². The van der Waals surface area contributed by atoms with Crippen LogP contribution in [0.4, 0.5) is 4.79 Å². The smallest absolute Gasteiger partial charge is 0.337 e. The van der Waals surface area contributed by atoms with Gasteiger partial charge in [-0.05, 0) is 32.6 Å². The number of esters is 2. The van der Waals surface area contributed by atoms with Crippen LogP contribution in [-0.4, -0.2) is 43.5 Å². The summed E-state index contributed by atoms with van der Waals surface area (Å²) in [5, 5.41) is 5.01. The summed E-state index contributed by atoms with van der Waals surface area (Å²) in [5.74, 6) is -1.01. The first-order chi connectivity index (χ1) is 12.5. The summed E-state index contributed by atoms with van der Waals surface area (Å²) in [4.78, 5) is 48.1. The lowest BCUT2D eigenvalue weighted by atomic mass is 9.67. The van der Waals surface area contributed by atoms with Crippen LogP contribution < -0.4 is 10.6 Å². The van der Waals surface area contributed by atoms with Crippen LogP contribution >= 0.6 is 0 Å². The summed E-state index contributed by atoms with van der Waals surface area (Å²) in [7, 11) is 0. The van der Waals surface area contributed by atoms with Crippen molar-refractivity contribution in [3.05, 3.63) is 11.3 Å². The molecule has 0 saturated heterocycles. The maximum absolute atomic E-state index is 12.5. The minimum absolute atomic E-state index is 0.0274. The van der Waals surface area contributed by atoms with E-state index < -0.39 is 12.0 Å². The fraction of sp³-hybridized carbons (Fsp3) is 0.667. The van der Waals surface area contributed by atoms with E-state index >= 15 is 0 Å². The first-order valence-corrected chi connectivity index (χ1v) is 9.14. The highest BCUT2D eigenvalue weighted by Gasteiger charge is 2.42. The van der Waals surface area contributed by atoms with Crippen molar-refractivity contribution in [3.8, 4) is 0 Å². The molecule has 2 amide bonds. The van der Waals surface area contributed by atoms with Crippen molar-refractivity contribution in [1.29, 1.82) is 0 Å². The van der Waals surface area contributed by atoms with E-state index in [-0.39, 0.29) is 54.8 Å². The number of ketones is 1. The Bertz CT molecular complexity index is 640. The molecule has 0 aromatic rings. The molecule has 0 aromatic carbocycles. The highest BCUT2D eigenvalue weighted by atomic mass is 16.5. The van der Waals surface area contributed by atoms with Crippen LogP contribution in [0.1, 0.15) is 39.0 Å². The zero-order valence-corrected chi connectivity index (χ0v) is 14.8. The van der Waals surface area contributed by atoms with E-state index in [2.05, 4.69) is 10.6 Å². The number of urea groups is 1. The first-order valence-electron chi connectivity index (χ1n) is 9.14. The second kappa shape index (κ2) is 7.88. The molecule has 2 bridgehead atoms. The molecule has 0 spiro atoms. The second-order valence-electron chi connectivity index (χ2n) is 6.99. The van der Waals surface area contributed by atoms with E-state index in [1.165, 1.54) is 0 Å². The number of fused-ring (bicyclic) bond motifs is 2. The number of hydrogen-bond acceptors (Lipinski definition) is 6. The third-order valence-corrected chi connectivity index (χ3v) is 5.32. The Hall–Kier alpha value is -2.38. The minimum Gasteiger partial charge on any atom is -0.463 e. The van der Waals surface area contributed by atoms with Crippen molar-refractivity contribution in [2.24, 2.45) is 17.8 Å². The molecule has 2 atom stereocenters. The van der Waals surface area contributed by atoms with Crippen LogP contribution in [-0.2, 0) is 23.9 Å². The largest absolute Gasteiger partial charge is 0.463 e. The standard InChI is InChI=1S/C18H24N2O6/c1-2-25-17(23)13-8-19-18(24)20-14(13)9-26-16(22)12-6-10-4-3-5-11(7-12)15(10)21/h10-12H,2-9H2,1H3,(H2,19,20,24). The average molecular weight is 364 g/mol. The third kappa shape index (κ3) is 3.89. The van der Waals surface area contributed by atoms with Gasteiger partial charge in [-0.15, -0.1) is 0 Å². The molecular weight excluding hydrogens is 340 g/mol. The molecule has 3 aliphatic rings. The van der Waals surface area contributed by atoms with Crippen LogP contribution in [0.2, 0.25) is 0 Å². The maximum Gasteiger partial charge on any atom is 0.337 e. The lowest BCUT2D eigenvalue weighted by Gasteiger charge is -2.36. The number of hydrogen-bond donors (Lipinski definition) is 2. The number of nitrogens with one attached hydrogen (secondary N) is 2. The summed E-state index contributed by atoms with van der Waals surface area (Å²) in [6.07, 6.45) is 3.80. The van der Waals surface area contributed by atoms with E-state index in [1.54, 1.807) is 6.92 Å². The third-order valence-electron chi connectivity index (χ3n) is 5.32. The molecule has 142 valence electrons. The van der Waals surface area contributed by atoms with Gasteiger partial charge in [0.2, 0.25) is 0 Å². The van der Waals surface area contributed by atoms with Gasteiger partial charge in [0.1, 0.15) is 12.4 Å². The van der Waals surface area contributed by atoms with Gasteiger partial charge >= 0.3 is 18.0 Å². The number of carbonyl (C=O) groups is 4. The molecule has 2 N–H and O–H groups in total. The van der Waals surface area contributed by atoms with Gasteiger partial charge in [-0.3, -0.25) is 9.59 Å². The SMILES string of the molecule is CCOC(=O)C1=C(COC(=O)C2CC3CCCC(C2)C3=O)NC(=O)NC1. The van der Waals surface area contributed by atoms with E-state index in [9.17, 15) is 19.2 Å². The van der Waals surface area contributed by atoms with Gasteiger partial charge in [-0.2, -0.15) is 0 Å². The number of amides is 2. The average Bonchev–Trinajstić information content (AvgIpc) is 2.59. The molecule has 8 heteroatoms.